The summed E-state index contributed by atoms with van der Waals surface area (Å²) in [5.74, 6) is -1.71. The average molecular weight is 274 g/mol. The zero-order valence-corrected chi connectivity index (χ0v) is 11.0. The number of unbranched alkanes of at least 4 members (excludes halogenated alkanes) is 1. The van der Waals surface area contributed by atoms with Crippen LogP contribution in [-0.4, -0.2) is 17.5 Å². The molecule has 0 heterocycles. The minimum absolute atomic E-state index is 0.0787. The van der Waals surface area contributed by atoms with Gasteiger partial charge in [0.15, 0.2) is 5.76 Å². The molecule has 0 radical (unpaired) electrons. The monoisotopic (exact) mass is 274 g/mol. The summed E-state index contributed by atoms with van der Waals surface area (Å²) in [4.78, 5) is 44.2. The van der Waals surface area contributed by atoms with Crippen molar-refractivity contribution in [3.8, 4) is 0 Å². The Balaban J connectivity index is 2.12. The van der Waals surface area contributed by atoms with Crippen molar-refractivity contribution >= 4 is 23.3 Å². The Morgan fingerprint density at radius 3 is 2.55 bits per heavy atom. The van der Waals surface area contributed by atoms with Crippen LogP contribution in [0.2, 0.25) is 0 Å². The minimum atomic E-state index is -0.691. The molecule has 5 heteroatoms. The molecule has 0 N–H and O–H groups in total. The van der Waals surface area contributed by atoms with Crippen molar-refractivity contribution in [1.29, 1.82) is 0 Å². The van der Waals surface area contributed by atoms with Gasteiger partial charge < -0.3 is 0 Å². The van der Waals surface area contributed by atoms with Gasteiger partial charge >= 0.3 is 5.97 Å². The highest BCUT2D eigenvalue weighted by Crippen LogP contribution is 2.26. The van der Waals surface area contributed by atoms with Crippen molar-refractivity contribution in [2.45, 2.75) is 26.2 Å². The van der Waals surface area contributed by atoms with Crippen LogP contribution in [0, 0.1) is 0 Å². The number of benzene rings is 1. The number of rotatable bonds is 5. The third-order valence-corrected chi connectivity index (χ3v) is 2.88. The van der Waals surface area contributed by atoms with E-state index >= 15 is 0 Å². The SMILES string of the molecule is CCCCC(=O)OOC1=CC(=O)C(=O)c2ccccc21. The number of allylic oxidation sites excluding steroid dienone is 1. The molecule has 0 aliphatic heterocycles. The van der Waals surface area contributed by atoms with E-state index in [1.54, 1.807) is 18.2 Å². The molecule has 5 nitrogen and oxygen atoms in total. The van der Waals surface area contributed by atoms with E-state index in [0.717, 1.165) is 12.5 Å². The van der Waals surface area contributed by atoms with Crippen LogP contribution in [0.3, 0.4) is 0 Å². The van der Waals surface area contributed by atoms with Gasteiger partial charge in [0.05, 0.1) is 6.42 Å². The molecule has 0 saturated carbocycles. The second-order valence-electron chi connectivity index (χ2n) is 4.39. The van der Waals surface area contributed by atoms with Crippen LogP contribution in [0.5, 0.6) is 0 Å². The van der Waals surface area contributed by atoms with E-state index in [4.69, 9.17) is 4.89 Å². The molecule has 1 aliphatic rings. The smallest absolute Gasteiger partial charge is 0.286 e. The first-order chi connectivity index (χ1) is 9.63. The fraction of sp³-hybridized carbons (Fsp3) is 0.267. The number of Topliss-reactive ketones (excluding diaryl/α,β-unsaturated/α-hetero) is 1. The van der Waals surface area contributed by atoms with E-state index in [1.807, 2.05) is 6.92 Å². The summed E-state index contributed by atoms with van der Waals surface area (Å²) >= 11 is 0. The van der Waals surface area contributed by atoms with Gasteiger partial charge in [-0.05, 0) is 6.42 Å². The topological polar surface area (TPSA) is 69.7 Å². The van der Waals surface area contributed by atoms with Gasteiger partial charge in [-0.25, -0.2) is 4.79 Å². The molecule has 1 aromatic rings. The second kappa shape index (κ2) is 6.14. The molecule has 0 aromatic heterocycles. The largest absolute Gasteiger partial charge is 0.355 e. The fourth-order valence-electron chi connectivity index (χ4n) is 1.81. The maximum absolute atomic E-state index is 11.7. The Morgan fingerprint density at radius 1 is 1.15 bits per heavy atom. The lowest BCUT2D eigenvalue weighted by atomic mass is 9.94. The van der Waals surface area contributed by atoms with E-state index in [1.165, 1.54) is 6.07 Å². The first-order valence-electron chi connectivity index (χ1n) is 6.40. The van der Waals surface area contributed by atoms with Gasteiger partial charge in [0, 0.05) is 17.2 Å². The predicted octanol–water partition coefficient (Wildman–Crippen LogP) is 2.46. The Kier molecular flexibility index (Phi) is 4.30. The zero-order chi connectivity index (χ0) is 14.5. The number of carbonyl (C=O) groups excluding carboxylic acids is 3. The van der Waals surface area contributed by atoms with E-state index in [-0.39, 0.29) is 17.7 Å². The van der Waals surface area contributed by atoms with Gasteiger partial charge in [-0.2, -0.15) is 0 Å². The molecule has 1 aromatic carbocycles. The van der Waals surface area contributed by atoms with Crippen molar-refractivity contribution in [3.63, 3.8) is 0 Å². The fourth-order valence-corrected chi connectivity index (χ4v) is 1.81. The van der Waals surface area contributed by atoms with Gasteiger partial charge in [-0.1, -0.05) is 37.6 Å². The van der Waals surface area contributed by atoms with Gasteiger partial charge in [0.25, 0.3) is 0 Å². The van der Waals surface area contributed by atoms with Crippen LogP contribution in [0.4, 0.5) is 0 Å². The van der Waals surface area contributed by atoms with Gasteiger partial charge in [-0.15, -0.1) is 0 Å². The summed E-state index contributed by atoms with van der Waals surface area (Å²) in [6.07, 6.45) is 2.86. The Bertz CT molecular complexity index is 586. The van der Waals surface area contributed by atoms with Gasteiger partial charge in [0.1, 0.15) is 0 Å². The zero-order valence-electron chi connectivity index (χ0n) is 11.0. The summed E-state index contributed by atoms with van der Waals surface area (Å²) in [6.45, 7) is 1.96. The molecule has 104 valence electrons. The first kappa shape index (κ1) is 14.0. The Labute approximate surface area is 116 Å². The molecular formula is C15H14O5. The van der Waals surface area contributed by atoms with Gasteiger partial charge in [-0.3, -0.25) is 19.4 Å². The van der Waals surface area contributed by atoms with Crippen molar-refractivity contribution < 1.29 is 24.2 Å². The number of fused-ring (bicyclic) bond motifs is 1. The second-order valence-corrected chi connectivity index (χ2v) is 4.39. The van der Waals surface area contributed by atoms with Crippen LogP contribution in [-0.2, 0) is 19.4 Å². The van der Waals surface area contributed by atoms with Crippen molar-refractivity contribution in [2.24, 2.45) is 0 Å². The molecule has 1 aliphatic carbocycles. The van der Waals surface area contributed by atoms with Crippen LogP contribution in [0.1, 0.15) is 42.1 Å². The molecule has 20 heavy (non-hydrogen) atoms. The highest BCUT2D eigenvalue weighted by molar-refractivity contribution is 6.50. The lowest BCUT2D eigenvalue weighted by molar-refractivity contribution is -0.229. The van der Waals surface area contributed by atoms with Crippen LogP contribution < -0.4 is 0 Å². The van der Waals surface area contributed by atoms with E-state index in [9.17, 15) is 14.4 Å². The lowest BCUT2D eigenvalue weighted by Crippen LogP contribution is -2.20. The first-order valence-corrected chi connectivity index (χ1v) is 6.40. The van der Waals surface area contributed by atoms with Crippen molar-refractivity contribution in [2.75, 3.05) is 0 Å². The maximum Gasteiger partial charge on any atom is 0.355 e. The molecule has 0 saturated heterocycles. The van der Waals surface area contributed by atoms with Crippen LogP contribution >= 0.6 is 0 Å². The van der Waals surface area contributed by atoms with E-state index < -0.39 is 17.5 Å². The number of hydrogen-bond donors (Lipinski definition) is 0. The molecule has 0 fully saturated rings. The Morgan fingerprint density at radius 2 is 1.85 bits per heavy atom. The molecule has 0 spiro atoms. The Hall–Kier alpha value is -2.43. The highest BCUT2D eigenvalue weighted by Gasteiger charge is 2.27. The molecule has 0 atom stereocenters. The number of hydrogen-bond acceptors (Lipinski definition) is 5. The van der Waals surface area contributed by atoms with Crippen molar-refractivity contribution in [3.05, 3.63) is 41.5 Å². The lowest BCUT2D eigenvalue weighted by Gasteiger charge is -2.14. The van der Waals surface area contributed by atoms with Gasteiger partial charge in [0.2, 0.25) is 11.6 Å². The molecule has 2 rings (SSSR count). The van der Waals surface area contributed by atoms with Crippen LogP contribution in [0.25, 0.3) is 5.76 Å². The summed E-state index contributed by atoms with van der Waals surface area (Å²) in [6, 6.07) is 6.52. The summed E-state index contributed by atoms with van der Waals surface area (Å²) in [5.41, 5.74) is 0.694. The molecule has 0 amide bonds. The quantitative estimate of drug-likeness (QED) is 0.468. The van der Waals surface area contributed by atoms with E-state index in [2.05, 4.69) is 4.89 Å². The molecular weight excluding hydrogens is 260 g/mol. The van der Waals surface area contributed by atoms with Crippen molar-refractivity contribution in [1.82, 2.24) is 0 Å². The highest BCUT2D eigenvalue weighted by atomic mass is 17.2. The third kappa shape index (κ3) is 2.93. The minimum Gasteiger partial charge on any atom is -0.286 e. The standard InChI is InChI=1S/C15H14O5/c1-2-3-8-14(17)20-19-13-9-12(16)15(18)11-7-5-4-6-10(11)13/h4-7,9H,2-3,8H2,1H3. The average Bonchev–Trinajstić information content (AvgIpc) is 2.47. The number of ketones is 2. The summed E-state index contributed by atoms with van der Waals surface area (Å²) < 4.78 is 0. The maximum atomic E-state index is 11.7. The molecule has 0 unspecified atom stereocenters. The number of carbonyl (C=O) groups is 3. The molecule has 0 bridgehead atoms. The summed E-state index contributed by atoms with van der Waals surface area (Å²) in [7, 11) is 0. The predicted molar refractivity (Wildman–Crippen MR) is 70.5 cm³/mol. The van der Waals surface area contributed by atoms with Crippen LogP contribution in [0.15, 0.2) is 30.3 Å². The third-order valence-electron chi connectivity index (χ3n) is 2.88. The van der Waals surface area contributed by atoms with E-state index in [0.29, 0.717) is 12.0 Å². The summed E-state index contributed by atoms with van der Waals surface area (Å²) in [5, 5.41) is 0. The normalized spacial score (nSPS) is 13.6.